The van der Waals surface area contributed by atoms with Crippen LogP contribution in [0.1, 0.15) is 40.0 Å². The molecule has 0 saturated heterocycles. The molecule has 0 aliphatic carbocycles. The predicted octanol–water partition coefficient (Wildman–Crippen LogP) is 1.76. The molecule has 106 valence electrons. The van der Waals surface area contributed by atoms with E-state index in [0.717, 1.165) is 12.8 Å². The molecule has 0 unspecified atom stereocenters. The molecule has 0 atom stereocenters. The first-order chi connectivity index (χ1) is 8.47. The molecule has 0 aliphatic rings. The third kappa shape index (κ3) is 8.98. The number of carbonyl (C=O) groups is 2. The molecule has 0 aromatic rings. The molecule has 0 aromatic heterocycles. The van der Waals surface area contributed by atoms with Crippen LogP contribution in [0.4, 0.5) is 0 Å². The summed E-state index contributed by atoms with van der Waals surface area (Å²) in [7, 11) is 0. The minimum absolute atomic E-state index is 0.0204. The fourth-order valence-electron chi connectivity index (χ4n) is 1.49. The second-order valence-electron chi connectivity index (χ2n) is 4.78. The van der Waals surface area contributed by atoms with Crippen molar-refractivity contribution in [2.45, 2.75) is 40.0 Å². The van der Waals surface area contributed by atoms with E-state index >= 15 is 0 Å². The molecule has 0 rings (SSSR count). The molecule has 0 bridgehead atoms. The van der Waals surface area contributed by atoms with Crippen LogP contribution in [0.3, 0.4) is 0 Å². The second-order valence-corrected chi connectivity index (χ2v) is 4.78. The smallest absolute Gasteiger partial charge is 0.305 e. The number of carbonyl (C=O) groups excluding carboxylic acids is 1. The Balaban J connectivity index is 4.09. The summed E-state index contributed by atoms with van der Waals surface area (Å²) < 4.78 is 5.27. The van der Waals surface area contributed by atoms with E-state index in [0.29, 0.717) is 19.1 Å². The largest absolute Gasteiger partial charge is 0.481 e. The van der Waals surface area contributed by atoms with Crippen LogP contribution in [0.2, 0.25) is 0 Å². The minimum atomic E-state index is -0.886. The van der Waals surface area contributed by atoms with Gasteiger partial charge in [-0.15, -0.1) is 0 Å². The fraction of sp³-hybridized carbons (Fsp3) is 0.846. The number of hydrogen-bond donors (Lipinski definition) is 1. The maximum Gasteiger partial charge on any atom is 0.305 e. The molecule has 0 spiro atoms. The summed E-state index contributed by atoms with van der Waals surface area (Å²) in [6.45, 7) is 7.51. The number of rotatable bonds is 10. The molecular weight excluding hydrogens is 234 g/mol. The van der Waals surface area contributed by atoms with Gasteiger partial charge in [-0.3, -0.25) is 9.59 Å². The van der Waals surface area contributed by atoms with Crippen LogP contribution in [0.15, 0.2) is 0 Å². The van der Waals surface area contributed by atoms with Crippen LogP contribution < -0.4 is 0 Å². The summed E-state index contributed by atoms with van der Waals surface area (Å²) >= 11 is 0. The van der Waals surface area contributed by atoms with Crippen LogP contribution in [0, 0.1) is 5.92 Å². The predicted molar refractivity (Wildman–Crippen MR) is 69.4 cm³/mol. The zero-order valence-electron chi connectivity index (χ0n) is 11.6. The quantitative estimate of drug-likeness (QED) is 0.607. The minimum Gasteiger partial charge on any atom is -0.481 e. The van der Waals surface area contributed by atoms with E-state index in [9.17, 15) is 9.59 Å². The highest BCUT2D eigenvalue weighted by atomic mass is 16.5. The van der Waals surface area contributed by atoms with Gasteiger partial charge in [-0.2, -0.15) is 0 Å². The van der Waals surface area contributed by atoms with Crippen molar-refractivity contribution in [3.05, 3.63) is 0 Å². The number of hydrogen-bond acceptors (Lipinski definition) is 3. The average Bonchev–Trinajstić information content (AvgIpc) is 2.29. The average molecular weight is 259 g/mol. The highest BCUT2D eigenvalue weighted by Crippen LogP contribution is 2.02. The summed E-state index contributed by atoms with van der Waals surface area (Å²) in [6, 6.07) is 0. The van der Waals surface area contributed by atoms with E-state index in [2.05, 4.69) is 6.92 Å². The Morgan fingerprint density at radius 3 is 2.50 bits per heavy atom. The highest BCUT2D eigenvalue weighted by molar-refractivity contribution is 5.78. The van der Waals surface area contributed by atoms with Crippen molar-refractivity contribution >= 4 is 11.9 Å². The molecule has 0 radical (unpaired) electrons. The molecular formula is C13H25NO4. The lowest BCUT2D eigenvalue weighted by atomic mass is 10.2. The monoisotopic (exact) mass is 259 g/mol. The van der Waals surface area contributed by atoms with Gasteiger partial charge < -0.3 is 14.7 Å². The number of amides is 1. The van der Waals surface area contributed by atoms with Crippen molar-refractivity contribution in [3.8, 4) is 0 Å². The van der Waals surface area contributed by atoms with Crippen molar-refractivity contribution in [2.75, 3.05) is 26.3 Å². The summed E-state index contributed by atoms with van der Waals surface area (Å²) in [5.74, 6) is -0.692. The van der Waals surface area contributed by atoms with Gasteiger partial charge in [-0.25, -0.2) is 0 Å². The number of carboxylic acid groups (broad SMARTS) is 1. The second kappa shape index (κ2) is 9.88. The van der Waals surface area contributed by atoms with Gasteiger partial charge in [-0.05, 0) is 12.3 Å². The first kappa shape index (κ1) is 16.9. The lowest BCUT2D eigenvalue weighted by molar-refractivity contribution is -0.140. The normalized spacial score (nSPS) is 10.7. The summed E-state index contributed by atoms with van der Waals surface area (Å²) in [4.78, 5) is 24.0. The van der Waals surface area contributed by atoms with Gasteiger partial charge in [0.15, 0.2) is 0 Å². The number of aliphatic carboxylic acids is 1. The van der Waals surface area contributed by atoms with Crippen molar-refractivity contribution in [2.24, 2.45) is 5.92 Å². The Kier molecular flexibility index (Phi) is 9.28. The fourth-order valence-corrected chi connectivity index (χ4v) is 1.49. The lowest BCUT2D eigenvalue weighted by Gasteiger charge is -2.23. The lowest BCUT2D eigenvalue weighted by Crippen LogP contribution is -2.38. The molecule has 18 heavy (non-hydrogen) atoms. The molecule has 0 aliphatic heterocycles. The molecule has 5 nitrogen and oxygen atoms in total. The van der Waals surface area contributed by atoms with Gasteiger partial charge >= 0.3 is 5.97 Å². The van der Waals surface area contributed by atoms with E-state index in [1.807, 2.05) is 13.8 Å². The highest BCUT2D eigenvalue weighted by Gasteiger charge is 2.15. The Morgan fingerprint density at radius 1 is 1.33 bits per heavy atom. The Hall–Kier alpha value is -1.10. The Labute approximate surface area is 109 Å². The van der Waals surface area contributed by atoms with E-state index in [4.69, 9.17) is 9.84 Å². The molecule has 0 aromatic carbocycles. The molecule has 1 amide bonds. The SMILES string of the molecule is CCCCOCC(=O)N(CCC(=O)O)CC(C)C. The molecule has 0 heterocycles. The summed E-state index contributed by atoms with van der Waals surface area (Å²) in [5.41, 5.74) is 0. The van der Waals surface area contributed by atoms with Crippen LogP contribution in [0.5, 0.6) is 0 Å². The van der Waals surface area contributed by atoms with Crippen LogP contribution >= 0.6 is 0 Å². The molecule has 1 N–H and O–H groups in total. The van der Waals surface area contributed by atoms with Crippen molar-refractivity contribution < 1.29 is 19.4 Å². The summed E-state index contributed by atoms with van der Waals surface area (Å²) in [6.07, 6.45) is 1.95. The van der Waals surface area contributed by atoms with Gasteiger partial charge in [0.2, 0.25) is 5.91 Å². The number of carboxylic acids is 1. The third-order valence-corrected chi connectivity index (χ3v) is 2.40. The topological polar surface area (TPSA) is 66.8 Å². The first-order valence-electron chi connectivity index (χ1n) is 6.54. The first-order valence-corrected chi connectivity index (χ1v) is 6.54. The maximum atomic E-state index is 11.9. The van der Waals surface area contributed by atoms with Crippen molar-refractivity contribution in [1.29, 1.82) is 0 Å². The van der Waals surface area contributed by atoms with Gasteiger partial charge in [0.25, 0.3) is 0 Å². The van der Waals surface area contributed by atoms with Crippen molar-refractivity contribution in [3.63, 3.8) is 0 Å². The Morgan fingerprint density at radius 2 is 2.00 bits per heavy atom. The maximum absolute atomic E-state index is 11.9. The van der Waals surface area contributed by atoms with Crippen LogP contribution in [-0.4, -0.2) is 48.2 Å². The van der Waals surface area contributed by atoms with E-state index in [1.54, 1.807) is 4.90 Å². The summed E-state index contributed by atoms with van der Waals surface area (Å²) in [5, 5.41) is 8.66. The molecule has 0 fully saturated rings. The zero-order valence-corrected chi connectivity index (χ0v) is 11.6. The molecule has 5 heteroatoms. The van der Waals surface area contributed by atoms with Gasteiger partial charge in [-0.1, -0.05) is 27.2 Å². The standard InChI is InChI=1S/C13H25NO4/c1-4-5-8-18-10-12(15)14(9-11(2)3)7-6-13(16)17/h11H,4-10H2,1-3H3,(H,16,17). The number of nitrogens with zero attached hydrogens (tertiary/aromatic N) is 1. The van der Waals surface area contributed by atoms with Crippen LogP contribution in [0.25, 0.3) is 0 Å². The Bertz CT molecular complexity index is 253. The van der Waals surface area contributed by atoms with Gasteiger partial charge in [0.1, 0.15) is 6.61 Å². The zero-order chi connectivity index (χ0) is 14.0. The van der Waals surface area contributed by atoms with Crippen LogP contribution in [-0.2, 0) is 14.3 Å². The molecule has 0 saturated carbocycles. The van der Waals surface area contributed by atoms with E-state index in [-0.39, 0.29) is 25.5 Å². The van der Waals surface area contributed by atoms with Gasteiger partial charge in [0.05, 0.1) is 6.42 Å². The van der Waals surface area contributed by atoms with Gasteiger partial charge in [0, 0.05) is 19.7 Å². The van der Waals surface area contributed by atoms with E-state index < -0.39 is 5.97 Å². The van der Waals surface area contributed by atoms with Crippen molar-refractivity contribution in [1.82, 2.24) is 4.90 Å². The number of ether oxygens (including phenoxy) is 1. The third-order valence-electron chi connectivity index (χ3n) is 2.40. The van der Waals surface area contributed by atoms with E-state index in [1.165, 1.54) is 0 Å². The number of unbranched alkanes of at least 4 members (excludes halogenated alkanes) is 1.